The van der Waals surface area contributed by atoms with Crippen LogP contribution in [0.5, 0.6) is 0 Å². The fourth-order valence-corrected chi connectivity index (χ4v) is 1.75. The number of nitrogens with zero attached hydrogens (tertiary/aromatic N) is 3. The number of ether oxygens (including phenoxy) is 1. The number of aromatic nitrogens is 2. The molecule has 106 valence electrons. The van der Waals surface area contributed by atoms with Crippen molar-refractivity contribution in [2.24, 2.45) is 11.7 Å². The molecule has 3 N–H and O–H groups in total. The second kappa shape index (κ2) is 7.04. The number of nitrogen functional groups attached to an aromatic ring is 1. The van der Waals surface area contributed by atoms with Gasteiger partial charge in [-0.3, -0.25) is 5.41 Å². The van der Waals surface area contributed by atoms with Crippen molar-refractivity contribution < 1.29 is 4.74 Å². The van der Waals surface area contributed by atoms with Gasteiger partial charge in [-0.05, 0) is 18.9 Å². The van der Waals surface area contributed by atoms with Gasteiger partial charge in [-0.25, -0.2) is 9.97 Å². The van der Waals surface area contributed by atoms with E-state index in [4.69, 9.17) is 15.9 Å². The highest BCUT2D eigenvalue weighted by molar-refractivity contribution is 5.93. The smallest absolute Gasteiger partial charge is 0.226 e. The molecule has 0 saturated carbocycles. The van der Waals surface area contributed by atoms with Crippen LogP contribution in [0, 0.1) is 18.3 Å². The quantitative estimate of drug-likeness (QED) is 0.571. The van der Waals surface area contributed by atoms with Gasteiger partial charge in [0.25, 0.3) is 0 Å². The molecular weight excluding hydrogens is 242 g/mol. The van der Waals surface area contributed by atoms with E-state index in [1.165, 1.54) is 0 Å². The largest absolute Gasteiger partial charge is 0.383 e. The molecule has 1 aromatic rings. The summed E-state index contributed by atoms with van der Waals surface area (Å²) in [5, 5.41) is 7.49. The molecule has 1 rings (SSSR count). The van der Waals surface area contributed by atoms with Crippen LogP contribution in [-0.4, -0.2) is 42.6 Å². The molecule has 0 aliphatic heterocycles. The normalized spacial score (nSPS) is 10.8. The molecule has 19 heavy (non-hydrogen) atoms. The number of hydrogen-bond acceptors (Lipinski definition) is 5. The summed E-state index contributed by atoms with van der Waals surface area (Å²) in [5.41, 5.74) is 6.78. The van der Waals surface area contributed by atoms with E-state index in [9.17, 15) is 0 Å². The summed E-state index contributed by atoms with van der Waals surface area (Å²) in [6.45, 7) is 8.32. The zero-order chi connectivity index (χ0) is 14.4. The minimum Gasteiger partial charge on any atom is -0.383 e. The minimum atomic E-state index is -0.0389. The van der Waals surface area contributed by atoms with Crippen LogP contribution in [0.15, 0.2) is 6.07 Å². The van der Waals surface area contributed by atoms with Crippen molar-refractivity contribution in [3.63, 3.8) is 0 Å². The maximum Gasteiger partial charge on any atom is 0.226 e. The Bertz CT molecular complexity index is 433. The number of methoxy groups -OCH3 is 1. The monoisotopic (exact) mass is 265 g/mol. The van der Waals surface area contributed by atoms with Crippen molar-refractivity contribution in [3.8, 4) is 0 Å². The highest BCUT2D eigenvalue weighted by atomic mass is 16.5. The summed E-state index contributed by atoms with van der Waals surface area (Å²) < 4.78 is 5.12. The average Bonchev–Trinajstić information content (AvgIpc) is 2.33. The van der Waals surface area contributed by atoms with E-state index >= 15 is 0 Å². The lowest BCUT2D eigenvalue weighted by molar-refractivity contribution is 0.204. The van der Waals surface area contributed by atoms with Crippen LogP contribution in [0.1, 0.15) is 25.2 Å². The molecular formula is C13H23N5O. The van der Waals surface area contributed by atoms with Gasteiger partial charge in [0.15, 0.2) is 0 Å². The van der Waals surface area contributed by atoms with E-state index in [1.807, 2.05) is 6.92 Å². The van der Waals surface area contributed by atoms with Gasteiger partial charge in [-0.2, -0.15) is 0 Å². The van der Waals surface area contributed by atoms with Crippen LogP contribution >= 0.6 is 0 Å². The van der Waals surface area contributed by atoms with Crippen molar-refractivity contribution in [2.75, 3.05) is 31.7 Å². The van der Waals surface area contributed by atoms with E-state index in [1.54, 1.807) is 13.2 Å². The van der Waals surface area contributed by atoms with E-state index in [-0.39, 0.29) is 5.84 Å². The second-order valence-electron chi connectivity index (χ2n) is 4.94. The number of amidine groups is 1. The molecule has 6 nitrogen and oxygen atoms in total. The van der Waals surface area contributed by atoms with Crippen LogP contribution < -0.4 is 10.6 Å². The molecule has 0 aliphatic rings. The number of nitrogens with two attached hydrogens (primary N) is 1. The van der Waals surface area contributed by atoms with E-state index in [0.29, 0.717) is 24.2 Å². The predicted octanol–water partition coefficient (Wildman–Crippen LogP) is 1.18. The molecule has 0 unspecified atom stereocenters. The van der Waals surface area contributed by atoms with Gasteiger partial charge in [-0.1, -0.05) is 13.8 Å². The van der Waals surface area contributed by atoms with E-state index in [2.05, 4.69) is 28.7 Å². The topological polar surface area (TPSA) is 88.1 Å². The zero-order valence-corrected chi connectivity index (χ0v) is 12.1. The molecule has 0 spiro atoms. The Hall–Kier alpha value is -1.69. The summed E-state index contributed by atoms with van der Waals surface area (Å²) >= 11 is 0. The van der Waals surface area contributed by atoms with Gasteiger partial charge in [0.2, 0.25) is 5.95 Å². The molecule has 0 aliphatic carbocycles. The number of anilines is 1. The molecule has 0 aromatic carbocycles. The van der Waals surface area contributed by atoms with E-state index < -0.39 is 0 Å². The first-order valence-corrected chi connectivity index (χ1v) is 6.38. The van der Waals surface area contributed by atoms with Crippen LogP contribution in [0.25, 0.3) is 0 Å². The van der Waals surface area contributed by atoms with Gasteiger partial charge in [-0.15, -0.1) is 0 Å². The minimum absolute atomic E-state index is 0.0389. The van der Waals surface area contributed by atoms with Gasteiger partial charge >= 0.3 is 0 Å². The Morgan fingerprint density at radius 1 is 1.47 bits per heavy atom. The maximum absolute atomic E-state index is 7.49. The summed E-state index contributed by atoms with van der Waals surface area (Å²) in [7, 11) is 1.67. The lowest BCUT2D eigenvalue weighted by atomic mass is 10.2. The maximum atomic E-state index is 7.49. The molecule has 1 heterocycles. The lowest BCUT2D eigenvalue weighted by Gasteiger charge is -2.24. The fourth-order valence-electron chi connectivity index (χ4n) is 1.75. The van der Waals surface area contributed by atoms with E-state index in [0.717, 1.165) is 18.8 Å². The van der Waals surface area contributed by atoms with Crippen LogP contribution in [0.4, 0.5) is 5.95 Å². The Kier molecular flexibility index (Phi) is 5.69. The third kappa shape index (κ3) is 4.82. The lowest BCUT2D eigenvalue weighted by Crippen LogP contribution is -2.33. The van der Waals surface area contributed by atoms with Crippen molar-refractivity contribution in [3.05, 3.63) is 17.5 Å². The highest BCUT2D eigenvalue weighted by Gasteiger charge is 2.13. The summed E-state index contributed by atoms with van der Waals surface area (Å²) in [4.78, 5) is 10.8. The first-order valence-electron chi connectivity index (χ1n) is 6.38. The Balaban J connectivity index is 3.02. The standard InChI is InChI=1S/C13H23N5O/c1-9(2)8-18(5-6-19-4)13-16-10(3)7-11(17-13)12(14)15/h7,9H,5-6,8H2,1-4H3,(H3,14,15). The first kappa shape index (κ1) is 15.4. The highest BCUT2D eigenvalue weighted by Crippen LogP contribution is 2.12. The summed E-state index contributed by atoms with van der Waals surface area (Å²) in [5.74, 6) is 1.06. The number of nitrogens with one attached hydrogen (secondary N) is 1. The summed E-state index contributed by atoms with van der Waals surface area (Å²) in [6, 6.07) is 1.72. The third-order valence-corrected chi connectivity index (χ3v) is 2.55. The van der Waals surface area contributed by atoms with Crippen LogP contribution in [0.2, 0.25) is 0 Å². The number of aryl methyl sites for hydroxylation is 1. The molecule has 0 saturated heterocycles. The molecule has 0 atom stereocenters. The van der Waals surface area contributed by atoms with Crippen molar-refractivity contribution in [1.29, 1.82) is 5.41 Å². The first-order chi connectivity index (χ1) is 8.93. The second-order valence-corrected chi connectivity index (χ2v) is 4.94. The van der Waals surface area contributed by atoms with Crippen LogP contribution in [0.3, 0.4) is 0 Å². The number of rotatable bonds is 7. The summed E-state index contributed by atoms with van der Waals surface area (Å²) in [6.07, 6.45) is 0. The molecule has 6 heteroatoms. The van der Waals surface area contributed by atoms with Gasteiger partial charge < -0.3 is 15.4 Å². The number of hydrogen-bond donors (Lipinski definition) is 2. The van der Waals surface area contributed by atoms with Gasteiger partial charge in [0, 0.05) is 25.9 Å². The third-order valence-electron chi connectivity index (χ3n) is 2.55. The molecule has 0 amide bonds. The van der Waals surface area contributed by atoms with Gasteiger partial charge in [0.05, 0.1) is 6.61 Å². The SMILES string of the molecule is COCCN(CC(C)C)c1nc(C)cc(C(=N)N)n1. The molecule has 0 radical (unpaired) electrons. The fraction of sp³-hybridized carbons (Fsp3) is 0.615. The Labute approximate surface area is 114 Å². The van der Waals surface area contributed by atoms with Crippen molar-refractivity contribution >= 4 is 11.8 Å². The molecule has 1 aromatic heterocycles. The molecule has 0 bridgehead atoms. The van der Waals surface area contributed by atoms with Crippen LogP contribution in [-0.2, 0) is 4.74 Å². The Morgan fingerprint density at radius 2 is 2.16 bits per heavy atom. The predicted molar refractivity (Wildman–Crippen MR) is 76.7 cm³/mol. The average molecular weight is 265 g/mol. The van der Waals surface area contributed by atoms with Crippen molar-refractivity contribution in [2.45, 2.75) is 20.8 Å². The Morgan fingerprint density at radius 3 is 2.68 bits per heavy atom. The zero-order valence-electron chi connectivity index (χ0n) is 12.1. The van der Waals surface area contributed by atoms with Crippen molar-refractivity contribution in [1.82, 2.24) is 9.97 Å². The van der Waals surface area contributed by atoms with Gasteiger partial charge in [0.1, 0.15) is 11.5 Å². The molecule has 0 fully saturated rings.